The number of nitrogens with zero attached hydrogens (tertiary/aromatic N) is 1. The summed E-state index contributed by atoms with van der Waals surface area (Å²) in [4.78, 5) is 23.8. The molecule has 0 N–H and O–H groups in total. The summed E-state index contributed by atoms with van der Waals surface area (Å²) in [5.74, 6) is -0.332. The minimum absolute atomic E-state index is 0.166. The van der Waals surface area contributed by atoms with Crippen molar-refractivity contribution in [3.63, 3.8) is 0 Å². The number of unbranched alkanes of at least 4 members (excludes halogenated alkanes) is 2. The third-order valence-electron chi connectivity index (χ3n) is 2.71. The second-order valence-corrected chi connectivity index (χ2v) is 5.53. The van der Waals surface area contributed by atoms with E-state index in [9.17, 15) is 9.59 Å². The van der Waals surface area contributed by atoms with Gasteiger partial charge in [0.25, 0.3) is 11.8 Å². The average molecular weight is 223 g/mol. The standard InChI is InChI=1S/C13H21NO2/c1-13(2,3)9-5-4-6-10-14-11(15)7-8-12(14)16/h7-8H,4-6,9-10H2,1-3H3. The SMILES string of the molecule is CC(C)(C)CCCCCN1C(=O)C=CC1=O. The molecule has 90 valence electrons. The predicted molar refractivity (Wildman–Crippen MR) is 63.8 cm³/mol. The van der Waals surface area contributed by atoms with E-state index in [0.29, 0.717) is 12.0 Å². The van der Waals surface area contributed by atoms with E-state index in [2.05, 4.69) is 20.8 Å². The fourth-order valence-corrected chi connectivity index (χ4v) is 1.75. The van der Waals surface area contributed by atoms with Crippen LogP contribution in [0.3, 0.4) is 0 Å². The van der Waals surface area contributed by atoms with Crippen molar-refractivity contribution in [3.05, 3.63) is 12.2 Å². The molecule has 2 amide bonds. The van der Waals surface area contributed by atoms with Crippen molar-refractivity contribution in [3.8, 4) is 0 Å². The van der Waals surface area contributed by atoms with Gasteiger partial charge >= 0.3 is 0 Å². The van der Waals surface area contributed by atoms with Crippen LogP contribution in [-0.2, 0) is 9.59 Å². The maximum atomic E-state index is 11.2. The first-order valence-corrected chi connectivity index (χ1v) is 5.94. The Bertz CT molecular complexity index is 282. The summed E-state index contributed by atoms with van der Waals surface area (Å²) in [6.07, 6.45) is 7.03. The monoisotopic (exact) mass is 223 g/mol. The van der Waals surface area contributed by atoms with Gasteiger partial charge in [0.05, 0.1) is 0 Å². The van der Waals surface area contributed by atoms with Crippen molar-refractivity contribution >= 4 is 11.8 Å². The second kappa shape index (κ2) is 5.28. The van der Waals surface area contributed by atoms with E-state index in [0.717, 1.165) is 19.3 Å². The van der Waals surface area contributed by atoms with Gasteiger partial charge < -0.3 is 0 Å². The summed E-state index contributed by atoms with van der Waals surface area (Å²) in [7, 11) is 0. The largest absolute Gasteiger partial charge is 0.275 e. The van der Waals surface area contributed by atoms with Gasteiger partial charge in [0.1, 0.15) is 0 Å². The number of carbonyl (C=O) groups is 2. The van der Waals surface area contributed by atoms with Crippen LogP contribution < -0.4 is 0 Å². The van der Waals surface area contributed by atoms with Gasteiger partial charge in [-0.3, -0.25) is 14.5 Å². The van der Waals surface area contributed by atoms with E-state index in [1.807, 2.05) is 0 Å². The van der Waals surface area contributed by atoms with Crippen molar-refractivity contribution < 1.29 is 9.59 Å². The molecule has 0 atom stereocenters. The molecule has 0 fully saturated rings. The lowest BCUT2D eigenvalue weighted by Crippen LogP contribution is -2.30. The van der Waals surface area contributed by atoms with E-state index >= 15 is 0 Å². The van der Waals surface area contributed by atoms with Crippen molar-refractivity contribution in [2.75, 3.05) is 6.54 Å². The molecule has 1 heterocycles. The van der Waals surface area contributed by atoms with Crippen molar-refractivity contribution in [1.29, 1.82) is 0 Å². The van der Waals surface area contributed by atoms with Crippen molar-refractivity contribution in [1.82, 2.24) is 4.90 Å². The highest BCUT2D eigenvalue weighted by Crippen LogP contribution is 2.22. The topological polar surface area (TPSA) is 37.4 Å². The molecule has 0 saturated heterocycles. The predicted octanol–water partition coefficient (Wildman–Crippen LogP) is 2.52. The highest BCUT2D eigenvalue weighted by molar-refractivity contribution is 6.12. The minimum atomic E-state index is -0.166. The maximum Gasteiger partial charge on any atom is 0.253 e. The molecule has 3 nitrogen and oxygen atoms in total. The van der Waals surface area contributed by atoms with E-state index in [4.69, 9.17) is 0 Å². The molecule has 0 aromatic carbocycles. The second-order valence-electron chi connectivity index (χ2n) is 5.53. The Hall–Kier alpha value is -1.12. The van der Waals surface area contributed by atoms with Crippen LogP contribution in [0.1, 0.15) is 46.5 Å². The first-order chi connectivity index (χ1) is 7.40. The van der Waals surface area contributed by atoms with Gasteiger partial charge in [-0.1, -0.05) is 33.6 Å². The lowest BCUT2D eigenvalue weighted by Gasteiger charge is -2.18. The number of hydrogen-bond acceptors (Lipinski definition) is 2. The van der Waals surface area contributed by atoms with Crippen LogP contribution in [0.4, 0.5) is 0 Å². The molecule has 16 heavy (non-hydrogen) atoms. The first-order valence-electron chi connectivity index (χ1n) is 5.94. The fourth-order valence-electron chi connectivity index (χ4n) is 1.75. The zero-order chi connectivity index (χ0) is 12.2. The Morgan fingerprint density at radius 3 is 2.06 bits per heavy atom. The zero-order valence-electron chi connectivity index (χ0n) is 10.5. The highest BCUT2D eigenvalue weighted by Gasteiger charge is 2.22. The molecular formula is C13H21NO2. The van der Waals surface area contributed by atoms with E-state index < -0.39 is 0 Å². The van der Waals surface area contributed by atoms with E-state index in [-0.39, 0.29) is 11.8 Å². The van der Waals surface area contributed by atoms with Gasteiger partial charge in [-0.15, -0.1) is 0 Å². The molecule has 1 rings (SSSR count). The minimum Gasteiger partial charge on any atom is -0.275 e. The number of carbonyl (C=O) groups excluding carboxylic acids is 2. The number of hydrogen-bond donors (Lipinski definition) is 0. The number of imide groups is 1. The number of rotatable bonds is 5. The molecule has 1 aliphatic heterocycles. The summed E-state index contributed by atoms with van der Waals surface area (Å²) in [5, 5.41) is 0. The van der Waals surface area contributed by atoms with Crippen LogP contribution >= 0.6 is 0 Å². The van der Waals surface area contributed by atoms with Crippen LogP contribution in [0, 0.1) is 5.41 Å². The van der Waals surface area contributed by atoms with Crippen LogP contribution in [0.2, 0.25) is 0 Å². The summed E-state index contributed by atoms with van der Waals surface area (Å²) >= 11 is 0. The third-order valence-corrected chi connectivity index (χ3v) is 2.71. The van der Waals surface area contributed by atoms with Crippen LogP contribution in [0.15, 0.2) is 12.2 Å². The van der Waals surface area contributed by atoms with Crippen LogP contribution in [-0.4, -0.2) is 23.3 Å². The molecule has 0 aliphatic carbocycles. The zero-order valence-corrected chi connectivity index (χ0v) is 10.5. The molecule has 0 unspecified atom stereocenters. The normalized spacial score (nSPS) is 16.3. The summed E-state index contributed by atoms with van der Waals surface area (Å²) < 4.78 is 0. The Morgan fingerprint density at radius 2 is 1.56 bits per heavy atom. The van der Waals surface area contributed by atoms with E-state index in [1.165, 1.54) is 23.5 Å². The van der Waals surface area contributed by atoms with Gasteiger partial charge in [0, 0.05) is 18.7 Å². The third kappa shape index (κ3) is 4.17. The molecule has 0 aromatic rings. The maximum absolute atomic E-state index is 11.2. The smallest absolute Gasteiger partial charge is 0.253 e. The fraction of sp³-hybridized carbons (Fsp3) is 0.692. The molecular weight excluding hydrogens is 202 g/mol. The van der Waals surface area contributed by atoms with E-state index in [1.54, 1.807) is 0 Å². The Labute approximate surface area is 97.5 Å². The molecule has 0 bridgehead atoms. The van der Waals surface area contributed by atoms with Gasteiger partial charge in [-0.2, -0.15) is 0 Å². The van der Waals surface area contributed by atoms with Crippen molar-refractivity contribution in [2.24, 2.45) is 5.41 Å². The molecule has 0 spiro atoms. The van der Waals surface area contributed by atoms with Gasteiger partial charge in [-0.05, 0) is 18.3 Å². The molecule has 0 aromatic heterocycles. The Kier molecular flexibility index (Phi) is 4.27. The first kappa shape index (κ1) is 12.9. The van der Waals surface area contributed by atoms with Gasteiger partial charge in [0.15, 0.2) is 0 Å². The molecule has 0 radical (unpaired) electrons. The van der Waals surface area contributed by atoms with Crippen molar-refractivity contribution in [2.45, 2.75) is 46.5 Å². The van der Waals surface area contributed by atoms with Crippen LogP contribution in [0.5, 0.6) is 0 Å². The molecule has 0 saturated carbocycles. The Balaban J connectivity index is 2.13. The molecule has 1 aliphatic rings. The van der Waals surface area contributed by atoms with Gasteiger partial charge in [0.2, 0.25) is 0 Å². The lowest BCUT2D eigenvalue weighted by atomic mass is 9.89. The summed E-state index contributed by atoms with van der Waals surface area (Å²) in [5.41, 5.74) is 0.376. The molecule has 3 heteroatoms. The average Bonchev–Trinajstić information content (AvgIpc) is 2.46. The summed E-state index contributed by atoms with van der Waals surface area (Å²) in [6.45, 7) is 7.24. The quantitative estimate of drug-likeness (QED) is 0.530. The Morgan fingerprint density at radius 1 is 1.00 bits per heavy atom. The van der Waals surface area contributed by atoms with Gasteiger partial charge in [-0.25, -0.2) is 0 Å². The highest BCUT2D eigenvalue weighted by atomic mass is 16.2. The van der Waals surface area contributed by atoms with Crippen LogP contribution in [0.25, 0.3) is 0 Å². The number of amides is 2. The lowest BCUT2D eigenvalue weighted by molar-refractivity contribution is -0.136. The summed E-state index contributed by atoms with van der Waals surface area (Å²) in [6, 6.07) is 0.